The van der Waals surface area contributed by atoms with Crippen LogP contribution in [0.4, 0.5) is 0 Å². The van der Waals surface area contributed by atoms with Crippen molar-refractivity contribution in [3.8, 4) is 0 Å². The molecule has 0 aromatic carbocycles. The molecule has 0 aliphatic heterocycles. The van der Waals surface area contributed by atoms with E-state index in [-0.39, 0.29) is 31.7 Å². The summed E-state index contributed by atoms with van der Waals surface area (Å²) < 4.78 is 0. The van der Waals surface area contributed by atoms with Crippen LogP contribution in [-0.2, 0) is 19.2 Å². The second-order valence-electron chi connectivity index (χ2n) is 7.18. The predicted octanol–water partition coefficient (Wildman–Crippen LogP) is 1.32. The molecule has 0 heterocycles. The summed E-state index contributed by atoms with van der Waals surface area (Å²) in [4.78, 5) is 46.4. The fourth-order valence-corrected chi connectivity index (χ4v) is 2.29. The molecule has 8 heteroatoms. The van der Waals surface area contributed by atoms with Gasteiger partial charge in [-0.2, -0.15) is 0 Å². The number of hydrogen-bond acceptors (Lipinski definition) is 4. The monoisotopic (exact) mass is 371 g/mol. The Labute approximate surface area is 155 Å². The van der Waals surface area contributed by atoms with Crippen LogP contribution in [0.3, 0.4) is 0 Å². The van der Waals surface area contributed by atoms with E-state index in [9.17, 15) is 19.2 Å². The quantitative estimate of drug-likeness (QED) is 0.341. The van der Waals surface area contributed by atoms with E-state index in [0.717, 1.165) is 32.1 Å². The van der Waals surface area contributed by atoms with Crippen LogP contribution in [0.5, 0.6) is 0 Å². The summed E-state index contributed by atoms with van der Waals surface area (Å²) in [5, 5.41) is 14.2. The van der Waals surface area contributed by atoms with Crippen molar-refractivity contribution in [2.45, 2.75) is 78.2 Å². The lowest BCUT2D eigenvalue weighted by Gasteiger charge is -2.21. The van der Waals surface area contributed by atoms with Gasteiger partial charge in [0.2, 0.25) is 17.7 Å². The number of hydrogen-bond donors (Lipinski definition) is 4. The number of carboxylic acid groups (broad SMARTS) is 1. The Morgan fingerprint density at radius 2 is 1.69 bits per heavy atom. The highest BCUT2D eigenvalue weighted by Gasteiger charge is 2.28. The Hall–Kier alpha value is -2.12. The van der Waals surface area contributed by atoms with Gasteiger partial charge in [-0.3, -0.25) is 19.2 Å². The van der Waals surface area contributed by atoms with E-state index in [4.69, 9.17) is 10.8 Å². The van der Waals surface area contributed by atoms with Gasteiger partial charge < -0.3 is 21.5 Å². The van der Waals surface area contributed by atoms with Gasteiger partial charge in [-0.1, -0.05) is 32.6 Å². The van der Waals surface area contributed by atoms with E-state index in [1.165, 1.54) is 0 Å². The van der Waals surface area contributed by atoms with Crippen molar-refractivity contribution in [3.05, 3.63) is 0 Å². The van der Waals surface area contributed by atoms with Crippen molar-refractivity contribution in [2.75, 3.05) is 6.54 Å². The van der Waals surface area contributed by atoms with Crippen LogP contribution in [0, 0.1) is 5.41 Å². The Morgan fingerprint density at radius 3 is 2.23 bits per heavy atom. The fraction of sp³-hybridized carbons (Fsp3) is 0.778. The van der Waals surface area contributed by atoms with Crippen molar-refractivity contribution < 1.29 is 24.3 Å². The molecule has 0 saturated heterocycles. The summed E-state index contributed by atoms with van der Waals surface area (Å²) in [6.45, 7) is 5.35. The van der Waals surface area contributed by atoms with Gasteiger partial charge in [0, 0.05) is 13.0 Å². The predicted molar refractivity (Wildman–Crippen MR) is 98.2 cm³/mol. The van der Waals surface area contributed by atoms with Crippen molar-refractivity contribution >= 4 is 23.7 Å². The maximum absolute atomic E-state index is 12.2. The summed E-state index contributed by atoms with van der Waals surface area (Å²) in [5.41, 5.74) is 4.17. The number of carbonyl (C=O) groups is 4. The lowest BCUT2D eigenvalue weighted by Crippen LogP contribution is -2.49. The highest BCUT2D eigenvalue weighted by Crippen LogP contribution is 2.19. The minimum Gasteiger partial charge on any atom is -0.481 e. The van der Waals surface area contributed by atoms with Gasteiger partial charge in [0.05, 0.1) is 11.8 Å². The Balaban J connectivity index is 4.44. The van der Waals surface area contributed by atoms with Crippen molar-refractivity contribution in [3.63, 3.8) is 0 Å². The van der Waals surface area contributed by atoms with Gasteiger partial charge in [0.25, 0.3) is 0 Å². The first-order chi connectivity index (χ1) is 12.1. The Bertz CT molecular complexity index is 491. The van der Waals surface area contributed by atoms with Gasteiger partial charge in [0.15, 0.2) is 0 Å². The standard InChI is InChI=1S/C18H33N3O5/c1-4-5-6-7-8-9-15(23)21-13(12-14(19)22)16(24)20-11-10-18(2,3)17(25)26/h13H,4-12H2,1-3H3,(H2,19,22)(H,20,24)(H,21,23)(H,25,26)/t13-/m1/s1. The largest absolute Gasteiger partial charge is 0.481 e. The van der Waals surface area contributed by atoms with Crippen LogP contribution in [-0.4, -0.2) is 41.4 Å². The summed E-state index contributed by atoms with van der Waals surface area (Å²) >= 11 is 0. The lowest BCUT2D eigenvalue weighted by molar-refractivity contribution is -0.147. The van der Waals surface area contributed by atoms with Crippen LogP contribution >= 0.6 is 0 Å². The molecular formula is C18H33N3O5. The average molecular weight is 371 g/mol. The number of rotatable bonds is 14. The normalized spacial score (nSPS) is 12.3. The highest BCUT2D eigenvalue weighted by molar-refractivity contribution is 5.91. The lowest BCUT2D eigenvalue weighted by atomic mass is 9.89. The molecule has 26 heavy (non-hydrogen) atoms. The molecule has 0 rings (SSSR count). The third-order valence-corrected chi connectivity index (χ3v) is 4.19. The van der Waals surface area contributed by atoms with E-state index in [0.29, 0.717) is 0 Å². The van der Waals surface area contributed by atoms with Gasteiger partial charge in [-0.15, -0.1) is 0 Å². The van der Waals surface area contributed by atoms with Crippen molar-refractivity contribution in [1.82, 2.24) is 10.6 Å². The molecule has 0 aromatic heterocycles. The van der Waals surface area contributed by atoms with Crippen molar-refractivity contribution in [1.29, 1.82) is 0 Å². The molecule has 0 bridgehead atoms. The molecule has 5 N–H and O–H groups in total. The number of carbonyl (C=O) groups excluding carboxylic acids is 3. The van der Waals surface area contributed by atoms with E-state index in [1.54, 1.807) is 13.8 Å². The smallest absolute Gasteiger partial charge is 0.309 e. The SMILES string of the molecule is CCCCCCCC(=O)N[C@H](CC(N)=O)C(=O)NCCC(C)(C)C(=O)O. The maximum atomic E-state index is 12.2. The summed E-state index contributed by atoms with van der Waals surface area (Å²) in [5.74, 6) is -2.49. The Morgan fingerprint density at radius 1 is 1.08 bits per heavy atom. The third-order valence-electron chi connectivity index (χ3n) is 4.19. The summed E-state index contributed by atoms with van der Waals surface area (Å²) in [6.07, 6.45) is 5.19. The zero-order valence-electron chi connectivity index (χ0n) is 16.1. The molecule has 1 atom stereocenters. The van der Waals surface area contributed by atoms with Crippen molar-refractivity contribution in [2.24, 2.45) is 11.1 Å². The first-order valence-corrected chi connectivity index (χ1v) is 9.19. The molecule has 0 unspecified atom stereocenters. The molecule has 0 saturated carbocycles. The van der Waals surface area contributed by atoms with Gasteiger partial charge >= 0.3 is 5.97 Å². The number of primary amides is 1. The topological polar surface area (TPSA) is 139 Å². The zero-order chi connectivity index (χ0) is 20.2. The van der Waals surface area contributed by atoms with E-state index >= 15 is 0 Å². The third kappa shape index (κ3) is 10.7. The number of nitrogens with two attached hydrogens (primary N) is 1. The minimum absolute atomic E-state index is 0.125. The summed E-state index contributed by atoms with van der Waals surface area (Å²) in [6, 6.07) is -1.04. The molecule has 0 radical (unpaired) electrons. The van der Waals surface area contributed by atoms with Crippen LogP contribution in [0.1, 0.15) is 72.1 Å². The number of aliphatic carboxylic acids is 1. The fourth-order valence-electron chi connectivity index (χ4n) is 2.29. The minimum atomic E-state index is -1.04. The molecular weight excluding hydrogens is 338 g/mol. The molecule has 0 aliphatic carbocycles. The van der Waals surface area contributed by atoms with Gasteiger partial charge in [0.1, 0.15) is 6.04 Å². The summed E-state index contributed by atoms with van der Waals surface area (Å²) in [7, 11) is 0. The molecule has 3 amide bonds. The average Bonchev–Trinajstić information content (AvgIpc) is 2.53. The van der Waals surface area contributed by atoms with E-state index < -0.39 is 29.2 Å². The van der Waals surface area contributed by atoms with E-state index in [1.807, 2.05) is 0 Å². The van der Waals surface area contributed by atoms with E-state index in [2.05, 4.69) is 17.6 Å². The molecule has 0 fully saturated rings. The Kier molecular flexibility index (Phi) is 11.3. The molecule has 0 spiro atoms. The molecule has 8 nitrogen and oxygen atoms in total. The maximum Gasteiger partial charge on any atom is 0.309 e. The first kappa shape index (κ1) is 23.9. The number of amides is 3. The number of carboxylic acids is 1. The van der Waals surface area contributed by atoms with Crippen LogP contribution in [0.15, 0.2) is 0 Å². The number of nitrogens with one attached hydrogen (secondary N) is 2. The molecule has 0 aliphatic rings. The molecule has 0 aromatic rings. The van der Waals surface area contributed by atoms with Gasteiger partial charge in [-0.05, 0) is 26.7 Å². The van der Waals surface area contributed by atoms with Crippen LogP contribution < -0.4 is 16.4 Å². The molecule has 150 valence electrons. The zero-order valence-corrected chi connectivity index (χ0v) is 16.1. The second kappa shape index (κ2) is 12.3. The first-order valence-electron chi connectivity index (χ1n) is 9.19. The number of unbranched alkanes of at least 4 members (excludes halogenated alkanes) is 4. The van der Waals surface area contributed by atoms with Gasteiger partial charge in [-0.25, -0.2) is 0 Å². The van der Waals surface area contributed by atoms with Crippen LogP contribution in [0.25, 0.3) is 0 Å². The second-order valence-corrected chi connectivity index (χ2v) is 7.18. The highest BCUT2D eigenvalue weighted by atomic mass is 16.4. The van der Waals surface area contributed by atoms with Crippen LogP contribution in [0.2, 0.25) is 0 Å².